The first kappa shape index (κ1) is 20.4. The number of hydrogen-bond donors (Lipinski definition) is 1. The molecular weight excluding hydrogens is 358 g/mol. The van der Waals surface area contributed by atoms with Crippen LogP contribution in [0.4, 0.5) is 5.69 Å². The Morgan fingerprint density at radius 3 is 2.50 bits per heavy atom. The fourth-order valence-corrected chi connectivity index (χ4v) is 4.32. The smallest absolute Gasteiger partial charge is 0.338 e. The molecule has 152 valence electrons. The molecule has 0 aromatic heterocycles. The van der Waals surface area contributed by atoms with Crippen molar-refractivity contribution < 1.29 is 23.9 Å². The number of nitrogens with one attached hydrogen (secondary N) is 1. The van der Waals surface area contributed by atoms with Crippen LogP contribution in [-0.4, -0.2) is 31.1 Å². The third kappa shape index (κ3) is 5.57. The zero-order valence-corrected chi connectivity index (χ0v) is 16.4. The number of hydrogen-bond acceptors (Lipinski definition) is 5. The van der Waals surface area contributed by atoms with Crippen LogP contribution in [-0.2, 0) is 19.1 Å². The van der Waals surface area contributed by atoms with Crippen molar-refractivity contribution in [2.75, 3.05) is 18.5 Å². The van der Waals surface area contributed by atoms with Gasteiger partial charge < -0.3 is 14.8 Å². The highest BCUT2D eigenvalue weighted by Crippen LogP contribution is 2.49. The molecule has 0 heterocycles. The molecule has 6 nitrogen and oxygen atoms in total. The molecule has 0 aliphatic heterocycles. The van der Waals surface area contributed by atoms with Crippen LogP contribution in [0.15, 0.2) is 24.3 Å². The van der Waals surface area contributed by atoms with E-state index in [0.717, 1.165) is 25.2 Å². The fourth-order valence-electron chi connectivity index (χ4n) is 4.32. The second-order valence-corrected chi connectivity index (χ2v) is 7.91. The van der Waals surface area contributed by atoms with Crippen molar-refractivity contribution >= 4 is 23.5 Å². The summed E-state index contributed by atoms with van der Waals surface area (Å²) in [4.78, 5) is 35.9. The number of anilines is 1. The molecule has 2 bridgehead atoms. The molecule has 0 spiro atoms. The Morgan fingerprint density at radius 2 is 1.86 bits per heavy atom. The number of esters is 2. The lowest BCUT2D eigenvalue weighted by molar-refractivity contribution is -0.148. The van der Waals surface area contributed by atoms with Crippen molar-refractivity contribution in [2.45, 2.75) is 51.9 Å². The lowest BCUT2D eigenvalue weighted by Crippen LogP contribution is -2.23. The van der Waals surface area contributed by atoms with E-state index < -0.39 is 0 Å². The summed E-state index contributed by atoms with van der Waals surface area (Å²) < 4.78 is 10.3. The van der Waals surface area contributed by atoms with Gasteiger partial charge in [0.15, 0.2) is 6.61 Å². The Morgan fingerprint density at radius 1 is 1.07 bits per heavy atom. The Hall–Kier alpha value is -2.37. The Bertz CT molecular complexity index is 699. The number of unbranched alkanes of at least 4 members (excludes halogenated alkanes) is 1. The summed E-state index contributed by atoms with van der Waals surface area (Å²) in [5, 5.41) is 2.67. The van der Waals surface area contributed by atoms with Crippen LogP contribution >= 0.6 is 0 Å². The zero-order chi connectivity index (χ0) is 19.9. The quantitative estimate of drug-likeness (QED) is 0.512. The van der Waals surface area contributed by atoms with Gasteiger partial charge in [0.2, 0.25) is 0 Å². The summed E-state index contributed by atoms with van der Waals surface area (Å²) in [5.41, 5.74) is 0.977. The molecule has 1 N–H and O–H groups in total. The van der Waals surface area contributed by atoms with Crippen molar-refractivity contribution in [3.8, 4) is 0 Å². The van der Waals surface area contributed by atoms with Crippen molar-refractivity contribution in [2.24, 2.45) is 17.8 Å². The van der Waals surface area contributed by atoms with Crippen LogP contribution in [0.5, 0.6) is 0 Å². The van der Waals surface area contributed by atoms with Crippen molar-refractivity contribution in [1.29, 1.82) is 0 Å². The van der Waals surface area contributed by atoms with Crippen LogP contribution in [0.2, 0.25) is 0 Å². The Labute approximate surface area is 166 Å². The van der Waals surface area contributed by atoms with E-state index in [9.17, 15) is 14.4 Å². The largest absolute Gasteiger partial charge is 0.462 e. The number of amides is 1. The van der Waals surface area contributed by atoms with Gasteiger partial charge in [0.05, 0.1) is 12.2 Å². The standard InChI is InChI=1S/C22H29NO5/c1-2-3-10-27-22(26)16-6-8-19(9-7-16)23-20(24)14-28-21(25)13-18-12-15-4-5-17(18)11-15/h6-9,15,17-18H,2-5,10-14H2,1H3,(H,23,24)/t15-,17-,18-/m1/s1. The van der Waals surface area contributed by atoms with Gasteiger partial charge in [-0.15, -0.1) is 0 Å². The molecule has 2 aliphatic carbocycles. The van der Waals surface area contributed by atoms with Crippen LogP contribution in [0, 0.1) is 17.8 Å². The van der Waals surface area contributed by atoms with E-state index >= 15 is 0 Å². The summed E-state index contributed by atoms with van der Waals surface area (Å²) in [6, 6.07) is 6.47. The minimum absolute atomic E-state index is 0.291. The van der Waals surface area contributed by atoms with Crippen molar-refractivity contribution in [1.82, 2.24) is 0 Å². The molecule has 0 saturated heterocycles. The first-order valence-corrected chi connectivity index (χ1v) is 10.3. The second-order valence-electron chi connectivity index (χ2n) is 7.91. The third-order valence-corrected chi connectivity index (χ3v) is 5.81. The van der Waals surface area contributed by atoms with Crippen LogP contribution in [0.25, 0.3) is 0 Å². The highest BCUT2D eigenvalue weighted by Gasteiger charge is 2.40. The molecule has 3 atom stereocenters. The maximum atomic E-state index is 12.0. The molecule has 3 rings (SSSR count). The SMILES string of the molecule is CCCCOC(=O)c1ccc(NC(=O)COC(=O)C[C@H]2C[C@@H]3CC[C@@H]2C3)cc1. The van der Waals surface area contributed by atoms with Gasteiger partial charge in [0, 0.05) is 12.1 Å². The van der Waals surface area contributed by atoms with Gasteiger partial charge in [-0.2, -0.15) is 0 Å². The lowest BCUT2D eigenvalue weighted by atomic mass is 9.86. The normalized spacial score (nSPS) is 22.7. The monoisotopic (exact) mass is 387 g/mol. The molecule has 6 heteroatoms. The second kappa shape index (κ2) is 9.71. The van der Waals surface area contributed by atoms with Gasteiger partial charge in [-0.25, -0.2) is 4.79 Å². The summed E-state index contributed by atoms with van der Waals surface area (Å²) in [5.74, 6) is 0.828. The van der Waals surface area contributed by atoms with Crippen molar-refractivity contribution in [3.05, 3.63) is 29.8 Å². The molecule has 1 aromatic rings. The predicted octanol–water partition coefficient (Wildman–Crippen LogP) is 3.95. The number of ether oxygens (including phenoxy) is 2. The minimum Gasteiger partial charge on any atom is -0.462 e. The van der Waals surface area contributed by atoms with E-state index in [0.29, 0.717) is 36.1 Å². The summed E-state index contributed by atoms with van der Waals surface area (Å²) in [6.07, 6.45) is 7.12. The number of benzene rings is 1. The van der Waals surface area contributed by atoms with Gasteiger partial charge in [-0.05, 0) is 67.7 Å². The summed E-state index contributed by atoms with van der Waals surface area (Å²) in [7, 11) is 0. The summed E-state index contributed by atoms with van der Waals surface area (Å²) in [6.45, 7) is 2.14. The van der Waals surface area contributed by atoms with E-state index in [2.05, 4.69) is 5.32 Å². The maximum absolute atomic E-state index is 12.0. The first-order chi connectivity index (χ1) is 13.5. The molecular formula is C22H29NO5. The Balaban J connectivity index is 1.37. The summed E-state index contributed by atoms with van der Waals surface area (Å²) >= 11 is 0. The highest BCUT2D eigenvalue weighted by atomic mass is 16.5. The molecule has 28 heavy (non-hydrogen) atoms. The van der Waals surface area contributed by atoms with Gasteiger partial charge in [-0.3, -0.25) is 9.59 Å². The van der Waals surface area contributed by atoms with E-state index in [4.69, 9.17) is 9.47 Å². The van der Waals surface area contributed by atoms with Crippen LogP contribution < -0.4 is 5.32 Å². The molecule has 1 amide bonds. The Kier molecular flexibility index (Phi) is 7.06. The van der Waals surface area contributed by atoms with Gasteiger partial charge in [-0.1, -0.05) is 19.8 Å². The fraction of sp³-hybridized carbons (Fsp3) is 0.591. The van der Waals surface area contributed by atoms with Gasteiger partial charge in [0.25, 0.3) is 5.91 Å². The van der Waals surface area contributed by atoms with E-state index in [1.807, 2.05) is 6.92 Å². The first-order valence-electron chi connectivity index (χ1n) is 10.3. The minimum atomic E-state index is -0.389. The van der Waals surface area contributed by atoms with Crippen LogP contribution in [0.1, 0.15) is 62.2 Å². The van der Waals surface area contributed by atoms with Gasteiger partial charge in [0.1, 0.15) is 0 Å². The molecule has 2 aliphatic rings. The molecule has 1 aromatic carbocycles. The average Bonchev–Trinajstić information content (AvgIpc) is 3.30. The van der Waals surface area contributed by atoms with E-state index in [-0.39, 0.29) is 24.5 Å². The van der Waals surface area contributed by atoms with Crippen molar-refractivity contribution in [3.63, 3.8) is 0 Å². The number of rotatable bonds is 9. The third-order valence-electron chi connectivity index (χ3n) is 5.81. The zero-order valence-electron chi connectivity index (χ0n) is 16.4. The highest BCUT2D eigenvalue weighted by molar-refractivity contribution is 5.94. The molecule has 2 fully saturated rings. The average molecular weight is 387 g/mol. The van der Waals surface area contributed by atoms with Crippen LogP contribution in [0.3, 0.4) is 0 Å². The maximum Gasteiger partial charge on any atom is 0.338 e. The van der Waals surface area contributed by atoms with E-state index in [1.165, 1.54) is 19.3 Å². The van der Waals surface area contributed by atoms with E-state index in [1.54, 1.807) is 24.3 Å². The molecule has 2 saturated carbocycles. The number of carbonyl (C=O) groups excluding carboxylic acids is 3. The number of carbonyl (C=O) groups is 3. The number of fused-ring (bicyclic) bond motifs is 2. The molecule has 0 unspecified atom stereocenters. The molecule has 0 radical (unpaired) electrons. The van der Waals surface area contributed by atoms with Gasteiger partial charge >= 0.3 is 11.9 Å². The predicted molar refractivity (Wildman–Crippen MR) is 105 cm³/mol. The topological polar surface area (TPSA) is 81.7 Å². The lowest BCUT2D eigenvalue weighted by Gasteiger charge is -2.20.